The molecule has 2 N–H and O–H groups in total. The number of ether oxygens (including phenoxy) is 1. The molecule has 1 aliphatic rings. The number of β-amino-alcohol motifs (C(OH)–C–C–N with tert-alkyl or cyclic N) is 1. The van der Waals surface area contributed by atoms with E-state index < -0.39 is 22.2 Å². The first-order chi connectivity index (χ1) is 10.5. The van der Waals surface area contributed by atoms with Gasteiger partial charge in [0, 0.05) is 6.54 Å². The Labute approximate surface area is 131 Å². The maximum Gasteiger partial charge on any atom is 0.243 e. The van der Waals surface area contributed by atoms with E-state index in [0.29, 0.717) is 12.4 Å². The number of hydrogen-bond donors (Lipinski definition) is 2. The van der Waals surface area contributed by atoms with Crippen molar-refractivity contribution in [1.29, 1.82) is 0 Å². The summed E-state index contributed by atoms with van der Waals surface area (Å²) in [5.74, 6) is 0.632. The van der Waals surface area contributed by atoms with Crippen molar-refractivity contribution in [1.82, 2.24) is 4.31 Å². The minimum Gasteiger partial charge on any atom is -0.494 e. The van der Waals surface area contributed by atoms with E-state index in [1.165, 1.54) is 16.4 Å². The summed E-state index contributed by atoms with van der Waals surface area (Å²) in [7, 11) is -3.72. The topological polar surface area (TPSA) is 87.1 Å². The number of benzene rings is 1. The molecule has 1 aliphatic heterocycles. The van der Waals surface area contributed by atoms with Gasteiger partial charge in [-0.25, -0.2) is 8.42 Å². The molecule has 0 radical (unpaired) electrons. The molecule has 7 heteroatoms. The highest BCUT2D eigenvalue weighted by Gasteiger charge is 2.39. The zero-order chi connectivity index (χ0) is 16.2. The lowest BCUT2D eigenvalue weighted by Crippen LogP contribution is -2.37. The van der Waals surface area contributed by atoms with Crippen LogP contribution in [0.3, 0.4) is 0 Å². The zero-order valence-electron chi connectivity index (χ0n) is 12.7. The summed E-state index contributed by atoms with van der Waals surface area (Å²) in [6.07, 6.45) is 1.51. The molecule has 0 aliphatic carbocycles. The van der Waals surface area contributed by atoms with Crippen molar-refractivity contribution < 1.29 is 23.4 Å². The van der Waals surface area contributed by atoms with E-state index in [-0.39, 0.29) is 24.5 Å². The Hall–Kier alpha value is -1.15. The second-order valence-corrected chi connectivity index (χ2v) is 7.36. The van der Waals surface area contributed by atoms with Crippen molar-refractivity contribution in [3.63, 3.8) is 0 Å². The lowest BCUT2D eigenvalue weighted by molar-refractivity contribution is 0.184. The van der Waals surface area contributed by atoms with Crippen LogP contribution in [0, 0.1) is 0 Å². The summed E-state index contributed by atoms with van der Waals surface area (Å²) in [5.41, 5.74) is 0. The van der Waals surface area contributed by atoms with Crippen LogP contribution in [0.4, 0.5) is 0 Å². The number of aliphatic hydroxyl groups excluding tert-OH is 2. The van der Waals surface area contributed by atoms with Crippen LogP contribution in [-0.2, 0) is 10.0 Å². The Bertz CT molecular complexity index is 572. The average molecular weight is 329 g/mol. The summed E-state index contributed by atoms with van der Waals surface area (Å²) in [5, 5.41) is 18.9. The zero-order valence-corrected chi connectivity index (χ0v) is 13.5. The average Bonchev–Trinajstić information content (AvgIpc) is 2.90. The van der Waals surface area contributed by atoms with E-state index in [1.807, 2.05) is 0 Å². The van der Waals surface area contributed by atoms with Crippen molar-refractivity contribution >= 4 is 10.0 Å². The van der Waals surface area contributed by atoms with Crippen LogP contribution in [-0.4, -0.2) is 54.8 Å². The third-order valence-electron chi connectivity index (χ3n) is 3.75. The molecule has 1 aromatic rings. The summed E-state index contributed by atoms with van der Waals surface area (Å²) < 4.78 is 31.8. The van der Waals surface area contributed by atoms with E-state index in [4.69, 9.17) is 4.74 Å². The Morgan fingerprint density at radius 3 is 2.59 bits per heavy atom. The maximum atomic E-state index is 12.6. The van der Waals surface area contributed by atoms with Gasteiger partial charge in [0.15, 0.2) is 0 Å². The first-order valence-corrected chi connectivity index (χ1v) is 8.96. The molecule has 0 saturated carbocycles. The maximum absolute atomic E-state index is 12.6. The van der Waals surface area contributed by atoms with Gasteiger partial charge in [-0.1, -0.05) is 13.3 Å². The third-order valence-corrected chi connectivity index (χ3v) is 5.68. The first kappa shape index (κ1) is 17.2. The summed E-state index contributed by atoms with van der Waals surface area (Å²) >= 11 is 0. The molecule has 124 valence electrons. The fourth-order valence-corrected chi connectivity index (χ4v) is 4.16. The molecule has 2 atom stereocenters. The Morgan fingerprint density at radius 1 is 1.32 bits per heavy atom. The summed E-state index contributed by atoms with van der Waals surface area (Å²) in [6, 6.07) is 5.68. The molecule has 0 spiro atoms. The first-order valence-electron chi connectivity index (χ1n) is 7.52. The third kappa shape index (κ3) is 3.78. The second-order valence-electron chi connectivity index (χ2n) is 5.47. The lowest BCUT2D eigenvalue weighted by atomic mass is 10.2. The molecule has 6 nitrogen and oxygen atoms in total. The molecule has 1 aromatic carbocycles. The van der Waals surface area contributed by atoms with Crippen LogP contribution in [0.25, 0.3) is 0 Å². The van der Waals surface area contributed by atoms with E-state index in [0.717, 1.165) is 12.8 Å². The smallest absolute Gasteiger partial charge is 0.243 e. The standard InChI is InChI=1S/C15H23NO5S/c1-2-3-8-21-14-4-6-15(7-5-14)22(19,20)16-10-13(18)9-12(16)11-17/h4-7,12-13,17-18H,2-3,8-11H2,1H3/t12?,13-/m1/s1. The molecule has 1 fully saturated rings. The predicted molar refractivity (Wildman–Crippen MR) is 82.2 cm³/mol. The van der Waals surface area contributed by atoms with Crippen molar-refractivity contribution in [3.8, 4) is 5.75 Å². The van der Waals surface area contributed by atoms with Crippen molar-refractivity contribution in [2.24, 2.45) is 0 Å². The molecule has 0 aromatic heterocycles. The molecule has 1 saturated heterocycles. The van der Waals surface area contributed by atoms with Gasteiger partial charge < -0.3 is 14.9 Å². The predicted octanol–water partition coefficient (Wildman–Crippen LogP) is 0.982. The van der Waals surface area contributed by atoms with Gasteiger partial charge in [-0.2, -0.15) is 4.31 Å². The van der Waals surface area contributed by atoms with Crippen LogP contribution >= 0.6 is 0 Å². The van der Waals surface area contributed by atoms with Crippen LogP contribution in [0.1, 0.15) is 26.2 Å². The van der Waals surface area contributed by atoms with Crippen molar-refractivity contribution in [2.45, 2.75) is 43.2 Å². The molecule has 0 amide bonds. The molecule has 2 rings (SSSR count). The molecule has 1 unspecified atom stereocenters. The quantitative estimate of drug-likeness (QED) is 0.728. The molecular formula is C15H23NO5S. The number of aliphatic hydroxyl groups is 2. The van der Waals surface area contributed by atoms with E-state index in [9.17, 15) is 18.6 Å². The van der Waals surface area contributed by atoms with Gasteiger partial charge in [-0.05, 0) is 37.1 Å². The van der Waals surface area contributed by atoms with Gasteiger partial charge in [0.25, 0.3) is 0 Å². The SMILES string of the molecule is CCCCOc1ccc(S(=O)(=O)N2C[C@H](O)CC2CO)cc1. The monoisotopic (exact) mass is 329 g/mol. The second kappa shape index (κ2) is 7.41. The van der Waals surface area contributed by atoms with E-state index >= 15 is 0 Å². The highest BCUT2D eigenvalue weighted by molar-refractivity contribution is 7.89. The minimum atomic E-state index is -3.72. The van der Waals surface area contributed by atoms with Crippen LogP contribution in [0.2, 0.25) is 0 Å². The minimum absolute atomic E-state index is 0.0162. The van der Waals surface area contributed by atoms with Gasteiger partial charge in [-0.3, -0.25) is 0 Å². The normalized spacial score (nSPS) is 22.9. The van der Waals surface area contributed by atoms with Crippen LogP contribution in [0.15, 0.2) is 29.2 Å². The number of sulfonamides is 1. The number of nitrogens with zero attached hydrogens (tertiary/aromatic N) is 1. The van der Waals surface area contributed by atoms with Gasteiger partial charge >= 0.3 is 0 Å². The van der Waals surface area contributed by atoms with Gasteiger partial charge in [-0.15, -0.1) is 0 Å². The van der Waals surface area contributed by atoms with Crippen LogP contribution < -0.4 is 4.74 Å². The molecule has 0 bridgehead atoms. The van der Waals surface area contributed by atoms with Crippen LogP contribution in [0.5, 0.6) is 5.75 Å². The number of rotatable bonds is 7. The van der Waals surface area contributed by atoms with Crippen molar-refractivity contribution in [2.75, 3.05) is 19.8 Å². The van der Waals surface area contributed by atoms with E-state index in [1.54, 1.807) is 12.1 Å². The fraction of sp³-hybridized carbons (Fsp3) is 0.600. The van der Waals surface area contributed by atoms with Gasteiger partial charge in [0.2, 0.25) is 10.0 Å². The fourth-order valence-electron chi connectivity index (χ4n) is 2.50. The Kier molecular flexibility index (Phi) is 5.80. The molecular weight excluding hydrogens is 306 g/mol. The van der Waals surface area contributed by atoms with Crippen molar-refractivity contribution in [3.05, 3.63) is 24.3 Å². The number of hydrogen-bond acceptors (Lipinski definition) is 5. The van der Waals surface area contributed by atoms with Gasteiger partial charge in [0.05, 0.1) is 30.3 Å². The highest BCUT2D eigenvalue weighted by Crippen LogP contribution is 2.27. The van der Waals surface area contributed by atoms with E-state index in [2.05, 4.69) is 6.92 Å². The van der Waals surface area contributed by atoms with Gasteiger partial charge in [0.1, 0.15) is 5.75 Å². The largest absolute Gasteiger partial charge is 0.494 e. The number of unbranched alkanes of at least 4 members (excludes halogenated alkanes) is 1. The molecule has 22 heavy (non-hydrogen) atoms. The highest BCUT2D eigenvalue weighted by atomic mass is 32.2. The lowest BCUT2D eigenvalue weighted by Gasteiger charge is -2.22. The molecule has 1 heterocycles. The summed E-state index contributed by atoms with van der Waals surface area (Å²) in [6.45, 7) is 2.39. The Morgan fingerprint density at radius 2 is 2.00 bits per heavy atom. The summed E-state index contributed by atoms with van der Waals surface area (Å²) in [4.78, 5) is 0.142. The Balaban J connectivity index is 2.12.